The van der Waals surface area contributed by atoms with Crippen LogP contribution in [0.1, 0.15) is 10.4 Å². The van der Waals surface area contributed by atoms with Crippen molar-refractivity contribution in [1.82, 2.24) is 0 Å². The Morgan fingerprint density at radius 3 is 2.64 bits per heavy atom. The van der Waals surface area contributed by atoms with Gasteiger partial charge in [0.2, 0.25) is 12.6 Å². The van der Waals surface area contributed by atoms with Crippen molar-refractivity contribution in [3.63, 3.8) is 0 Å². The molecular formula is C9H7NO4. The second-order valence-corrected chi connectivity index (χ2v) is 2.76. The van der Waals surface area contributed by atoms with Crippen LogP contribution in [0, 0.1) is 0 Å². The van der Waals surface area contributed by atoms with Crippen molar-refractivity contribution in [3.05, 3.63) is 23.8 Å². The third kappa shape index (κ3) is 1.28. The van der Waals surface area contributed by atoms with Gasteiger partial charge in [0, 0.05) is 5.56 Å². The number of ether oxygens (including phenoxy) is 2. The van der Waals surface area contributed by atoms with Crippen molar-refractivity contribution >= 4 is 11.7 Å². The van der Waals surface area contributed by atoms with E-state index < -0.39 is 11.7 Å². The van der Waals surface area contributed by atoms with E-state index in [0.717, 1.165) is 0 Å². The van der Waals surface area contributed by atoms with Crippen LogP contribution in [0.4, 0.5) is 0 Å². The van der Waals surface area contributed by atoms with Gasteiger partial charge in [-0.05, 0) is 18.2 Å². The fraction of sp³-hybridized carbons (Fsp3) is 0.111. The zero-order chi connectivity index (χ0) is 10.1. The van der Waals surface area contributed by atoms with Gasteiger partial charge in [-0.15, -0.1) is 0 Å². The molecule has 1 aromatic carbocycles. The van der Waals surface area contributed by atoms with Gasteiger partial charge in [0.1, 0.15) is 0 Å². The average molecular weight is 193 g/mol. The maximum absolute atomic E-state index is 11.2. The first kappa shape index (κ1) is 8.55. The summed E-state index contributed by atoms with van der Waals surface area (Å²) < 4.78 is 10.1. The van der Waals surface area contributed by atoms with Crippen LogP contribution in [0.2, 0.25) is 0 Å². The highest BCUT2D eigenvalue weighted by atomic mass is 16.7. The third-order valence-corrected chi connectivity index (χ3v) is 1.86. The van der Waals surface area contributed by atoms with Gasteiger partial charge < -0.3 is 15.2 Å². The van der Waals surface area contributed by atoms with Crippen LogP contribution in [0.5, 0.6) is 11.5 Å². The van der Waals surface area contributed by atoms with Gasteiger partial charge in [-0.3, -0.25) is 9.59 Å². The van der Waals surface area contributed by atoms with Crippen molar-refractivity contribution in [3.8, 4) is 11.5 Å². The topological polar surface area (TPSA) is 78.6 Å². The summed E-state index contributed by atoms with van der Waals surface area (Å²) in [6.45, 7) is 0.129. The Morgan fingerprint density at radius 2 is 1.93 bits per heavy atom. The lowest BCUT2D eigenvalue weighted by Gasteiger charge is -1.98. The lowest BCUT2D eigenvalue weighted by atomic mass is 10.1. The van der Waals surface area contributed by atoms with Gasteiger partial charge in [-0.2, -0.15) is 0 Å². The molecule has 5 heteroatoms. The Kier molecular flexibility index (Phi) is 1.85. The number of rotatable bonds is 2. The van der Waals surface area contributed by atoms with E-state index in [1.165, 1.54) is 12.1 Å². The number of amides is 1. The highest BCUT2D eigenvalue weighted by Crippen LogP contribution is 2.32. The number of nitrogens with two attached hydrogens (primary N) is 1. The SMILES string of the molecule is NC(=O)C(=O)c1ccc2c(c1)OCO2. The number of Topliss-reactive ketones (excluding diaryl/α,β-unsaturated/α-hetero) is 1. The number of carbonyl (C=O) groups is 2. The minimum atomic E-state index is -0.983. The van der Waals surface area contributed by atoms with Crippen LogP contribution < -0.4 is 15.2 Å². The first-order chi connectivity index (χ1) is 6.68. The van der Waals surface area contributed by atoms with E-state index in [0.29, 0.717) is 11.5 Å². The lowest BCUT2D eigenvalue weighted by molar-refractivity contribution is -0.114. The Labute approximate surface area is 79.4 Å². The number of primary amides is 1. The van der Waals surface area contributed by atoms with E-state index in [1.54, 1.807) is 6.07 Å². The summed E-state index contributed by atoms with van der Waals surface area (Å²) in [5, 5.41) is 0. The van der Waals surface area contributed by atoms with E-state index in [1.807, 2.05) is 0 Å². The predicted molar refractivity (Wildman–Crippen MR) is 46.1 cm³/mol. The molecular weight excluding hydrogens is 186 g/mol. The highest BCUT2D eigenvalue weighted by Gasteiger charge is 2.18. The van der Waals surface area contributed by atoms with E-state index in [-0.39, 0.29) is 12.4 Å². The molecule has 2 rings (SSSR count). The van der Waals surface area contributed by atoms with E-state index in [2.05, 4.69) is 0 Å². The third-order valence-electron chi connectivity index (χ3n) is 1.86. The maximum Gasteiger partial charge on any atom is 0.289 e. The lowest BCUT2D eigenvalue weighted by Crippen LogP contribution is -2.22. The Hall–Kier alpha value is -2.04. The van der Waals surface area contributed by atoms with Gasteiger partial charge >= 0.3 is 0 Å². The predicted octanol–water partition coefficient (Wildman–Crippen LogP) is 0.0833. The molecule has 0 bridgehead atoms. The van der Waals surface area contributed by atoms with E-state index in [9.17, 15) is 9.59 Å². The molecule has 0 atom stereocenters. The van der Waals surface area contributed by atoms with Gasteiger partial charge in [-0.25, -0.2) is 0 Å². The van der Waals surface area contributed by atoms with Gasteiger partial charge in [0.25, 0.3) is 5.91 Å². The summed E-state index contributed by atoms with van der Waals surface area (Å²) in [5.41, 5.74) is 5.06. The van der Waals surface area contributed by atoms with Crippen molar-refractivity contribution in [2.45, 2.75) is 0 Å². The molecule has 72 valence electrons. The number of hydrogen-bond donors (Lipinski definition) is 1. The van der Waals surface area contributed by atoms with Crippen LogP contribution in [0.15, 0.2) is 18.2 Å². The van der Waals surface area contributed by atoms with Crippen molar-refractivity contribution in [2.75, 3.05) is 6.79 Å². The number of fused-ring (bicyclic) bond motifs is 1. The normalized spacial score (nSPS) is 12.6. The minimum absolute atomic E-state index is 0.129. The zero-order valence-electron chi connectivity index (χ0n) is 7.15. The fourth-order valence-corrected chi connectivity index (χ4v) is 1.18. The molecule has 1 heterocycles. The molecule has 0 spiro atoms. The van der Waals surface area contributed by atoms with Crippen LogP contribution >= 0.6 is 0 Å². The molecule has 0 fully saturated rings. The van der Waals surface area contributed by atoms with Gasteiger partial charge in [0.05, 0.1) is 0 Å². The molecule has 0 radical (unpaired) electrons. The quantitative estimate of drug-likeness (QED) is 0.533. The van der Waals surface area contributed by atoms with E-state index >= 15 is 0 Å². The summed E-state index contributed by atoms with van der Waals surface area (Å²) in [5.74, 6) is -0.699. The number of benzene rings is 1. The molecule has 1 aromatic rings. The van der Waals surface area contributed by atoms with Crippen molar-refractivity contribution in [1.29, 1.82) is 0 Å². The first-order valence-corrected chi connectivity index (χ1v) is 3.92. The Morgan fingerprint density at radius 1 is 1.21 bits per heavy atom. The Bertz CT molecular complexity index is 413. The average Bonchev–Trinajstić information content (AvgIpc) is 2.62. The van der Waals surface area contributed by atoms with Crippen LogP contribution in [0.25, 0.3) is 0 Å². The van der Waals surface area contributed by atoms with Gasteiger partial charge in [0.15, 0.2) is 11.5 Å². The molecule has 2 N–H and O–H groups in total. The van der Waals surface area contributed by atoms with Crippen LogP contribution in [-0.4, -0.2) is 18.5 Å². The Balaban J connectivity index is 2.38. The second kappa shape index (κ2) is 3.02. The molecule has 1 amide bonds. The van der Waals surface area contributed by atoms with Crippen molar-refractivity contribution < 1.29 is 19.1 Å². The summed E-state index contributed by atoms with van der Waals surface area (Å²) in [4.78, 5) is 21.8. The number of ketones is 1. The molecule has 1 aliphatic heterocycles. The molecule has 0 unspecified atom stereocenters. The molecule has 0 aromatic heterocycles. The molecule has 5 nitrogen and oxygen atoms in total. The molecule has 0 saturated carbocycles. The van der Waals surface area contributed by atoms with Crippen molar-refractivity contribution in [2.24, 2.45) is 5.73 Å². The van der Waals surface area contributed by atoms with Crippen LogP contribution in [0.3, 0.4) is 0 Å². The first-order valence-electron chi connectivity index (χ1n) is 3.92. The summed E-state index contributed by atoms with van der Waals surface area (Å²) >= 11 is 0. The summed E-state index contributed by atoms with van der Waals surface area (Å²) in [7, 11) is 0. The standard InChI is InChI=1S/C9H7NO4/c10-9(12)8(11)5-1-2-6-7(3-5)14-4-13-6/h1-3H,4H2,(H2,10,12). The fourth-order valence-electron chi connectivity index (χ4n) is 1.18. The highest BCUT2D eigenvalue weighted by molar-refractivity contribution is 6.42. The molecule has 0 aliphatic carbocycles. The maximum atomic E-state index is 11.2. The largest absolute Gasteiger partial charge is 0.454 e. The smallest absolute Gasteiger partial charge is 0.289 e. The monoisotopic (exact) mass is 193 g/mol. The van der Waals surface area contributed by atoms with Crippen LogP contribution in [-0.2, 0) is 4.79 Å². The molecule has 0 saturated heterocycles. The zero-order valence-corrected chi connectivity index (χ0v) is 7.15. The number of hydrogen-bond acceptors (Lipinski definition) is 4. The van der Waals surface area contributed by atoms with Gasteiger partial charge in [-0.1, -0.05) is 0 Å². The van der Waals surface area contributed by atoms with E-state index in [4.69, 9.17) is 15.2 Å². The summed E-state index contributed by atoms with van der Waals surface area (Å²) in [6.07, 6.45) is 0. The molecule has 1 aliphatic rings. The minimum Gasteiger partial charge on any atom is -0.454 e. The summed E-state index contributed by atoms with van der Waals surface area (Å²) in [6, 6.07) is 4.48. The molecule has 14 heavy (non-hydrogen) atoms. The number of carbonyl (C=O) groups excluding carboxylic acids is 2. The second-order valence-electron chi connectivity index (χ2n) is 2.76.